The fourth-order valence-corrected chi connectivity index (χ4v) is 2.06. The average molecular weight is 304 g/mol. The van der Waals surface area contributed by atoms with Gasteiger partial charge in [0.05, 0.1) is 24.1 Å². The molecule has 0 saturated heterocycles. The van der Waals surface area contributed by atoms with Crippen molar-refractivity contribution >= 4 is 17.3 Å². The van der Waals surface area contributed by atoms with Crippen LogP contribution in [0.3, 0.4) is 0 Å². The van der Waals surface area contributed by atoms with Crippen LogP contribution >= 0.6 is 11.6 Å². The summed E-state index contributed by atoms with van der Waals surface area (Å²) in [6.07, 6.45) is -1.06. The van der Waals surface area contributed by atoms with Crippen molar-refractivity contribution in [1.82, 2.24) is 9.55 Å². The van der Waals surface area contributed by atoms with E-state index in [1.807, 2.05) is 11.5 Å². The Morgan fingerprint density at radius 2 is 2.05 bits per heavy atom. The molecule has 0 spiro atoms. The van der Waals surface area contributed by atoms with Crippen molar-refractivity contribution in [2.45, 2.75) is 26.2 Å². The second-order valence-electron chi connectivity index (χ2n) is 4.25. The summed E-state index contributed by atoms with van der Waals surface area (Å²) in [5, 5.41) is 2.98. The number of aryl methyl sites for hydroxylation is 1. The van der Waals surface area contributed by atoms with Crippen molar-refractivity contribution in [3.05, 3.63) is 47.0 Å². The molecule has 0 aliphatic carbocycles. The van der Waals surface area contributed by atoms with Gasteiger partial charge in [-0.1, -0.05) is 11.6 Å². The predicted molar refractivity (Wildman–Crippen MR) is 71.7 cm³/mol. The van der Waals surface area contributed by atoms with Crippen LogP contribution in [0.5, 0.6) is 0 Å². The zero-order valence-electron chi connectivity index (χ0n) is 10.7. The molecular weight excluding hydrogens is 291 g/mol. The minimum atomic E-state index is -4.41. The van der Waals surface area contributed by atoms with Crippen molar-refractivity contribution in [3.63, 3.8) is 0 Å². The van der Waals surface area contributed by atoms with E-state index in [0.717, 1.165) is 24.4 Å². The summed E-state index contributed by atoms with van der Waals surface area (Å²) >= 11 is 5.72. The van der Waals surface area contributed by atoms with Gasteiger partial charge >= 0.3 is 6.18 Å². The number of aromatic nitrogens is 2. The lowest BCUT2D eigenvalue weighted by Crippen LogP contribution is -2.08. The first-order valence-corrected chi connectivity index (χ1v) is 6.38. The minimum absolute atomic E-state index is 0.0475. The van der Waals surface area contributed by atoms with Crippen LogP contribution in [0.4, 0.5) is 18.9 Å². The molecule has 2 aromatic rings. The Bertz CT molecular complexity index is 593. The number of benzene rings is 1. The van der Waals surface area contributed by atoms with Crippen LogP contribution in [0.15, 0.2) is 30.7 Å². The maximum absolute atomic E-state index is 12.7. The van der Waals surface area contributed by atoms with Gasteiger partial charge in [0.25, 0.3) is 0 Å². The van der Waals surface area contributed by atoms with Crippen molar-refractivity contribution in [2.75, 3.05) is 5.32 Å². The van der Waals surface area contributed by atoms with Crippen LogP contribution < -0.4 is 5.32 Å². The second kappa shape index (κ2) is 5.75. The monoisotopic (exact) mass is 303 g/mol. The Kier molecular flexibility index (Phi) is 4.23. The van der Waals surface area contributed by atoms with E-state index in [9.17, 15) is 13.2 Å². The van der Waals surface area contributed by atoms with Gasteiger partial charge in [-0.25, -0.2) is 4.98 Å². The number of imidazole rings is 1. The molecule has 7 heteroatoms. The standard InChI is InChI=1S/C13H13ClF3N3/c1-2-20-8-18-6-12(20)7-19-11-4-9(13(15,16)17)3-10(14)5-11/h3-6,8,19H,2,7H2,1H3. The zero-order chi connectivity index (χ0) is 14.8. The van der Waals surface area contributed by atoms with Crippen LogP contribution in [0.1, 0.15) is 18.2 Å². The van der Waals surface area contributed by atoms with E-state index in [4.69, 9.17) is 11.6 Å². The number of rotatable bonds is 4. The summed E-state index contributed by atoms with van der Waals surface area (Å²) in [6.45, 7) is 3.10. The number of hydrogen-bond donors (Lipinski definition) is 1. The minimum Gasteiger partial charge on any atom is -0.379 e. The van der Waals surface area contributed by atoms with Crippen LogP contribution in [-0.4, -0.2) is 9.55 Å². The molecule has 0 atom stereocenters. The van der Waals surface area contributed by atoms with E-state index < -0.39 is 11.7 Å². The smallest absolute Gasteiger partial charge is 0.379 e. The third-order valence-electron chi connectivity index (χ3n) is 2.84. The summed E-state index contributed by atoms with van der Waals surface area (Å²) in [4.78, 5) is 4.00. The number of nitrogens with zero attached hydrogens (tertiary/aromatic N) is 2. The molecule has 1 aromatic carbocycles. The first-order valence-electron chi connectivity index (χ1n) is 6.01. The molecule has 0 aliphatic rings. The maximum Gasteiger partial charge on any atom is 0.416 e. The Morgan fingerprint density at radius 3 is 2.70 bits per heavy atom. The fraction of sp³-hybridized carbons (Fsp3) is 0.308. The van der Waals surface area contributed by atoms with Gasteiger partial charge in [-0.3, -0.25) is 0 Å². The summed E-state index contributed by atoms with van der Waals surface area (Å²) in [5.41, 5.74) is 0.450. The van der Waals surface area contributed by atoms with Gasteiger partial charge in [-0.15, -0.1) is 0 Å². The molecule has 0 fully saturated rings. The SMILES string of the molecule is CCn1cncc1CNc1cc(Cl)cc(C(F)(F)F)c1. The largest absolute Gasteiger partial charge is 0.416 e. The number of hydrogen-bond acceptors (Lipinski definition) is 2. The topological polar surface area (TPSA) is 29.9 Å². The first kappa shape index (κ1) is 14.7. The molecule has 1 heterocycles. The maximum atomic E-state index is 12.7. The molecule has 0 saturated carbocycles. The number of nitrogens with one attached hydrogen (secondary N) is 1. The molecular formula is C13H13ClF3N3. The lowest BCUT2D eigenvalue weighted by molar-refractivity contribution is -0.137. The highest BCUT2D eigenvalue weighted by atomic mass is 35.5. The van der Waals surface area contributed by atoms with Gasteiger partial charge in [-0.2, -0.15) is 13.2 Å². The highest BCUT2D eigenvalue weighted by Gasteiger charge is 2.31. The van der Waals surface area contributed by atoms with Crippen molar-refractivity contribution < 1.29 is 13.2 Å². The lowest BCUT2D eigenvalue weighted by atomic mass is 10.2. The van der Waals surface area contributed by atoms with E-state index in [1.165, 1.54) is 6.07 Å². The third kappa shape index (κ3) is 3.45. The predicted octanol–water partition coefficient (Wildman–Crippen LogP) is 4.19. The molecule has 0 unspecified atom stereocenters. The molecule has 0 amide bonds. The molecule has 2 rings (SSSR count). The molecule has 3 nitrogen and oxygen atoms in total. The molecule has 108 valence electrons. The van der Waals surface area contributed by atoms with Gasteiger partial charge in [0, 0.05) is 23.5 Å². The normalized spacial score (nSPS) is 11.7. The Labute approximate surface area is 119 Å². The Morgan fingerprint density at radius 1 is 1.30 bits per heavy atom. The highest BCUT2D eigenvalue weighted by molar-refractivity contribution is 6.30. The van der Waals surface area contributed by atoms with Gasteiger partial charge in [0.15, 0.2) is 0 Å². The van der Waals surface area contributed by atoms with Crippen LogP contribution in [0.25, 0.3) is 0 Å². The molecule has 20 heavy (non-hydrogen) atoms. The quantitative estimate of drug-likeness (QED) is 0.918. The Balaban J connectivity index is 2.16. The second-order valence-corrected chi connectivity index (χ2v) is 4.69. The molecule has 0 radical (unpaired) electrons. The number of halogens is 4. The highest BCUT2D eigenvalue weighted by Crippen LogP contribution is 2.33. The fourth-order valence-electron chi connectivity index (χ4n) is 1.83. The van der Waals surface area contributed by atoms with E-state index in [0.29, 0.717) is 12.2 Å². The van der Waals surface area contributed by atoms with Crippen molar-refractivity contribution in [2.24, 2.45) is 0 Å². The summed E-state index contributed by atoms with van der Waals surface area (Å²) in [6, 6.07) is 3.41. The molecule has 1 aromatic heterocycles. The summed E-state index contributed by atoms with van der Waals surface area (Å²) < 4.78 is 39.9. The van der Waals surface area contributed by atoms with Gasteiger partial charge in [-0.05, 0) is 25.1 Å². The van der Waals surface area contributed by atoms with Crippen molar-refractivity contribution in [3.8, 4) is 0 Å². The third-order valence-corrected chi connectivity index (χ3v) is 3.06. The van der Waals surface area contributed by atoms with Gasteiger partial charge in [0.1, 0.15) is 0 Å². The van der Waals surface area contributed by atoms with E-state index in [1.54, 1.807) is 12.5 Å². The van der Waals surface area contributed by atoms with E-state index >= 15 is 0 Å². The van der Waals surface area contributed by atoms with Crippen LogP contribution in [-0.2, 0) is 19.3 Å². The average Bonchev–Trinajstić information content (AvgIpc) is 2.82. The number of anilines is 1. The summed E-state index contributed by atoms with van der Waals surface area (Å²) in [5.74, 6) is 0. The lowest BCUT2D eigenvalue weighted by Gasteiger charge is -2.12. The van der Waals surface area contributed by atoms with Crippen LogP contribution in [0, 0.1) is 0 Å². The van der Waals surface area contributed by atoms with E-state index in [2.05, 4.69) is 10.3 Å². The van der Waals surface area contributed by atoms with E-state index in [-0.39, 0.29) is 5.02 Å². The van der Waals surface area contributed by atoms with Crippen molar-refractivity contribution in [1.29, 1.82) is 0 Å². The zero-order valence-corrected chi connectivity index (χ0v) is 11.5. The summed E-state index contributed by atoms with van der Waals surface area (Å²) in [7, 11) is 0. The molecule has 1 N–H and O–H groups in total. The molecule has 0 aliphatic heterocycles. The van der Waals surface area contributed by atoms with Gasteiger partial charge < -0.3 is 9.88 Å². The van der Waals surface area contributed by atoms with Gasteiger partial charge in [0.2, 0.25) is 0 Å². The van der Waals surface area contributed by atoms with Crippen LogP contribution in [0.2, 0.25) is 5.02 Å². The molecule has 0 bridgehead atoms. The number of alkyl halides is 3. The first-order chi connectivity index (χ1) is 9.40. The Hall–Kier alpha value is -1.69.